The van der Waals surface area contributed by atoms with Gasteiger partial charge in [0.1, 0.15) is 17.3 Å². The van der Waals surface area contributed by atoms with Gasteiger partial charge in [-0.15, -0.1) is 0 Å². The summed E-state index contributed by atoms with van der Waals surface area (Å²) in [6, 6.07) is 13.5. The normalized spacial score (nSPS) is 10.8. The van der Waals surface area contributed by atoms with Crippen molar-refractivity contribution < 1.29 is 9.13 Å². The van der Waals surface area contributed by atoms with Gasteiger partial charge in [0.05, 0.1) is 12.6 Å². The van der Waals surface area contributed by atoms with Gasteiger partial charge in [0.25, 0.3) is 5.56 Å². The van der Waals surface area contributed by atoms with Crippen LogP contribution in [0.15, 0.2) is 53.3 Å². The second kappa shape index (κ2) is 5.76. The third-order valence-electron chi connectivity index (χ3n) is 3.99. The molecule has 0 radical (unpaired) electrons. The molecule has 0 fully saturated rings. The summed E-state index contributed by atoms with van der Waals surface area (Å²) < 4.78 is 20.2. The SMILES string of the molecule is COc1ccc(N(C)c2cc3cc(F)ccc3n(C)c2=O)cc1. The van der Waals surface area contributed by atoms with E-state index in [0.29, 0.717) is 16.6 Å². The predicted molar refractivity (Wildman–Crippen MR) is 90.2 cm³/mol. The van der Waals surface area contributed by atoms with E-state index in [-0.39, 0.29) is 11.4 Å². The Bertz CT molecular complexity index is 917. The molecule has 0 bridgehead atoms. The van der Waals surface area contributed by atoms with E-state index in [2.05, 4.69) is 0 Å². The van der Waals surface area contributed by atoms with E-state index in [4.69, 9.17) is 4.74 Å². The summed E-state index contributed by atoms with van der Waals surface area (Å²) in [5, 5.41) is 0.683. The average molecular weight is 312 g/mol. The van der Waals surface area contributed by atoms with E-state index in [9.17, 15) is 9.18 Å². The number of hydrogen-bond acceptors (Lipinski definition) is 3. The van der Waals surface area contributed by atoms with Crippen LogP contribution in [0, 0.1) is 5.82 Å². The van der Waals surface area contributed by atoms with Gasteiger partial charge in [0.15, 0.2) is 0 Å². The molecule has 5 heteroatoms. The largest absolute Gasteiger partial charge is 0.497 e. The summed E-state index contributed by atoms with van der Waals surface area (Å²) in [5.41, 5.74) is 1.89. The first-order valence-corrected chi connectivity index (χ1v) is 7.18. The molecule has 0 saturated carbocycles. The number of benzene rings is 2. The van der Waals surface area contributed by atoms with Crippen molar-refractivity contribution in [1.29, 1.82) is 0 Å². The standard InChI is InChI=1S/C18H17FN2O2/c1-20(14-5-7-15(23-3)8-6-14)17-11-12-10-13(19)4-9-16(12)21(2)18(17)22/h4-11H,1-3H3. The van der Waals surface area contributed by atoms with Crippen LogP contribution in [0.5, 0.6) is 5.75 Å². The zero-order valence-corrected chi connectivity index (χ0v) is 13.2. The van der Waals surface area contributed by atoms with Gasteiger partial charge in [-0.05, 0) is 48.5 Å². The molecule has 0 aliphatic rings. The molecule has 2 aromatic carbocycles. The third-order valence-corrected chi connectivity index (χ3v) is 3.99. The highest BCUT2D eigenvalue weighted by atomic mass is 19.1. The summed E-state index contributed by atoms with van der Waals surface area (Å²) in [5.74, 6) is 0.421. The lowest BCUT2D eigenvalue weighted by atomic mass is 10.1. The Morgan fingerprint density at radius 3 is 2.43 bits per heavy atom. The molecule has 3 rings (SSSR count). The molecule has 118 valence electrons. The van der Waals surface area contributed by atoms with Crippen molar-refractivity contribution in [3.63, 3.8) is 0 Å². The van der Waals surface area contributed by atoms with Crippen LogP contribution in [0.2, 0.25) is 0 Å². The molecule has 0 atom stereocenters. The van der Waals surface area contributed by atoms with Crippen LogP contribution in [-0.2, 0) is 7.05 Å². The van der Waals surface area contributed by atoms with Crippen molar-refractivity contribution in [3.8, 4) is 5.75 Å². The number of rotatable bonds is 3. The number of fused-ring (bicyclic) bond motifs is 1. The van der Waals surface area contributed by atoms with Gasteiger partial charge in [0, 0.05) is 25.2 Å². The zero-order chi connectivity index (χ0) is 16.6. The number of hydrogen-bond donors (Lipinski definition) is 0. The molecule has 3 aromatic rings. The number of anilines is 2. The van der Waals surface area contributed by atoms with E-state index in [1.54, 1.807) is 31.2 Å². The first kappa shape index (κ1) is 15.1. The summed E-state index contributed by atoms with van der Waals surface area (Å²) in [7, 11) is 5.10. The van der Waals surface area contributed by atoms with E-state index in [1.807, 2.05) is 31.3 Å². The number of aromatic nitrogens is 1. The summed E-state index contributed by atoms with van der Waals surface area (Å²) in [6.45, 7) is 0. The maximum Gasteiger partial charge on any atom is 0.274 e. The Morgan fingerprint density at radius 2 is 1.78 bits per heavy atom. The Hall–Kier alpha value is -2.82. The van der Waals surface area contributed by atoms with Crippen LogP contribution in [0.3, 0.4) is 0 Å². The summed E-state index contributed by atoms with van der Waals surface area (Å²) >= 11 is 0. The molecule has 0 amide bonds. The maximum absolute atomic E-state index is 13.5. The maximum atomic E-state index is 13.5. The molecule has 1 heterocycles. The van der Waals surface area contributed by atoms with Crippen molar-refractivity contribution in [2.24, 2.45) is 7.05 Å². The predicted octanol–water partition coefficient (Wildman–Crippen LogP) is 3.45. The Morgan fingerprint density at radius 1 is 1.09 bits per heavy atom. The summed E-state index contributed by atoms with van der Waals surface area (Å²) in [6.07, 6.45) is 0. The van der Waals surface area contributed by atoms with Gasteiger partial charge in [-0.2, -0.15) is 0 Å². The average Bonchev–Trinajstić information content (AvgIpc) is 2.57. The monoisotopic (exact) mass is 312 g/mol. The van der Waals surface area contributed by atoms with Gasteiger partial charge in [-0.25, -0.2) is 4.39 Å². The number of methoxy groups -OCH3 is 1. The molecule has 4 nitrogen and oxygen atoms in total. The fourth-order valence-electron chi connectivity index (χ4n) is 2.62. The van der Waals surface area contributed by atoms with E-state index >= 15 is 0 Å². The fourth-order valence-corrected chi connectivity index (χ4v) is 2.62. The van der Waals surface area contributed by atoms with Crippen LogP contribution < -0.4 is 15.2 Å². The van der Waals surface area contributed by atoms with Crippen LogP contribution in [0.25, 0.3) is 10.9 Å². The molecular weight excluding hydrogens is 295 g/mol. The van der Waals surface area contributed by atoms with E-state index in [0.717, 1.165) is 11.4 Å². The Kier molecular flexibility index (Phi) is 3.78. The third kappa shape index (κ3) is 2.65. The van der Waals surface area contributed by atoms with Crippen LogP contribution in [0.1, 0.15) is 0 Å². The second-order valence-corrected chi connectivity index (χ2v) is 5.35. The van der Waals surface area contributed by atoms with Gasteiger partial charge in [-0.1, -0.05) is 0 Å². The molecule has 0 unspecified atom stereocenters. The minimum absolute atomic E-state index is 0.137. The van der Waals surface area contributed by atoms with Gasteiger partial charge >= 0.3 is 0 Å². The molecule has 0 N–H and O–H groups in total. The number of nitrogens with zero attached hydrogens (tertiary/aromatic N) is 2. The first-order valence-electron chi connectivity index (χ1n) is 7.18. The first-order chi connectivity index (χ1) is 11.0. The lowest BCUT2D eigenvalue weighted by Crippen LogP contribution is -2.25. The lowest BCUT2D eigenvalue weighted by molar-refractivity contribution is 0.415. The molecule has 0 saturated heterocycles. The molecule has 1 aromatic heterocycles. The van der Waals surface area contributed by atoms with Gasteiger partial charge < -0.3 is 14.2 Å². The highest BCUT2D eigenvalue weighted by Gasteiger charge is 2.13. The lowest BCUT2D eigenvalue weighted by Gasteiger charge is -2.20. The minimum Gasteiger partial charge on any atom is -0.497 e. The Balaban J connectivity index is 2.14. The van der Waals surface area contributed by atoms with Gasteiger partial charge in [-0.3, -0.25) is 4.79 Å². The van der Waals surface area contributed by atoms with Crippen molar-refractivity contribution in [2.45, 2.75) is 0 Å². The fraction of sp³-hybridized carbons (Fsp3) is 0.167. The molecule has 0 aliphatic heterocycles. The number of aryl methyl sites for hydroxylation is 1. The second-order valence-electron chi connectivity index (χ2n) is 5.35. The van der Waals surface area contributed by atoms with Crippen molar-refractivity contribution in [2.75, 3.05) is 19.1 Å². The van der Waals surface area contributed by atoms with Crippen molar-refractivity contribution in [1.82, 2.24) is 4.57 Å². The van der Waals surface area contributed by atoms with Crippen LogP contribution in [-0.4, -0.2) is 18.7 Å². The zero-order valence-electron chi connectivity index (χ0n) is 13.2. The topological polar surface area (TPSA) is 34.5 Å². The van der Waals surface area contributed by atoms with Gasteiger partial charge in [0.2, 0.25) is 0 Å². The number of halogens is 1. The quantitative estimate of drug-likeness (QED) is 0.743. The number of ether oxygens (including phenoxy) is 1. The van der Waals surface area contributed by atoms with Crippen LogP contribution >= 0.6 is 0 Å². The van der Waals surface area contributed by atoms with Crippen LogP contribution in [0.4, 0.5) is 15.8 Å². The smallest absolute Gasteiger partial charge is 0.274 e. The van der Waals surface area contributed by atoms with Crippen molar-refractivity contribution in [3.05, 3.63) is 64.7 Å². The van der Waals surface area contributed by atoms with E-state index < -0.39 is 0 Å². The highest BCUT2D eigenvalue weighted by Crippen LogP contribution is 2.25. The molecule has 23 heavy (non-hydrogen) atoms. The molecule has 0 aliphatic carbocycles. The molecular formula is C18H17FN2O2. The summed E-state index contributed by atoms with van der Waals surface area (Å²) in [4.78, 5) is 14.4. The number of pyridine rings is 1. The van der Waals surface area contributed by atoms with Crippen molar-refractivity contribution >= 4 is 22.3 Å². The molecule has 0 spiro atoms. The Labute approximate surface area is 133 Å². The van der Waals surface area contributed by atoms with E-state index in [1.165, 1.54) is 16.7 Å². The minimum atomic E-state index is -0.325. The highest BCUT2D eigenvalue weighted by molar-refractivity contribution is 5.83.